The van der Waals surface area contributed by atoms with E-state index in [1.54, 1.807) is 0 Å². The molecule has 0 aromatic heterocycles. The molecular formula is C21H26O. The van der Waals surface area contributed by atoms with Gasteiger partial charge in [0.25, 0.3) is 0 Å². The maximum Gasteiger partial charge on any atom is 0.139 e. The molecule has 2 rings (SSSR count). The Morgan fingerprint density at radius 1 is 0.864 bits per heavy atom. The lowest BCUT2D eigenvalue weighted by atomic mass is 9.86. The lowest BCUT2D eigenvalue weighted by molar-refractivity contribution is -0.121. The van der Waals surface area contributed by atoms with Crippen molar-refractivity contribution in [2.45, 2.75) is 46.5 Å². The molecule has 1 nitrogen and oxygen atoms in total. The lowest BCUT2D eigenvalue weighted by Crippen LogP contribution is -2.10. The van der Waals surface area contributed by atoms with Gasteiger partial charge in [-0.2, -0.15) is 0 Å². The molecule has 0 atom stereocenters. The van der Waals surface area contributed by atoms with Crippen molar-refractivity contribution in [1.82, 2.24) is 0 Å². The minimum Gasteiger partial charge on any atom is -0.299 e. The third-order valence-electron chi connectivity index (χ3n) is 4.06. The predicted octanol–water partition coefficient (Wildman–Crippen LogP) is 5.42. The minimum absolute atomic E-state index is 0.101. The molecular weight excluding hydrogens is 268 g/mol. The van der Waals surface area contributed by atoms with Crippen molar-refractivity contribution < 1.29 is 4.79 Å². The molecule has 0 fully saturated rings. The first-order chi connectivity index (χ1) is 10.3. The van der Waals surface area contributed by atoms with Crippen LogP contribution in [-0.2, 0) is 16.6 Å². The van der Waals surface area contributed by atoms with Crippen molar-refractivity contribution in [2.24, 2.45) is 5.92 Å². The van der Waals surface area contributed by atoms with Gasteiger partial charge in [-0.05, 0) is 27.7 Å². The number of Topliss-reactive ketones (excluding diaryl/α,β-unsaturated/α-hetero) is 1. The summed E-state index contributed by atoms with van der Waals surface area (Å²) in [6.45, 7) is 10.6. The highest BCUT2D eigenvalue weighted by molar-refractivity contribution is 5.82. The van der Waals surface area contributed by atoms with Gasteiger partial charge in [0, 0.05) is 12.3 Å². The molecule has 0 amide bonds. The van der Waals surface area contributed by atoms with Crippen LogP contribution in [0.2, 0.25) is 0 Å². The summed E-state index contributed by atoms with van der Waals surface area (Å²) in [6, 6.07) is 17.1. The summed E-state index contributed by atoms with van der Waals surface area (Å²) >= 11 is 0. The molecule has 0 aliphatic rings. The van der Waals surface area contributed by atoms with Crippen LogP contribution in [0.3, 0.4) is 0 Å². The highest BCUT2D eigenvalue weighted by atomic mass is 16.1. The van der Waals surface area contributed by atoms with Gasteiger partial charge in [0.1, 0.15) is 5.78 Å². The van der Waals surface area contributed by atoms with E-state index in [2.05, 4.69) is 69.3 Å². The summed E-state index contributed by atoms with van der Waals surface area (Å²) in [7, 11) is 0. The van der Waals surface area contributed by atoms with Gasteiger partial charge in [0.2, 0.25) is 0 Å². The molecule has 0 unspecified atom stereocenters. The average Bonchev–Trinajstić information content (AvgIpc) is 2.47. The molecule has 1 heteroatoms. The number of hydrogen-bond acceptors (Lipinski definition) is 1. The Hall–Kier alpha value is -1.89. The Morgan fingerprint density at radius 2 is 1.32 bits per heavy atom. The number of carbonyl (C=O) groups is 1. The smallest absolute Gasteiger partial charge is 0.139 e. The summed E-state index contributed by atoms with van der Waals surface area (Å²) in [5.41, 5.74) is 5.03. The van der Waals surface area contributed by atoms with E-state index >= 15 is 0 Å². The Bertz CT molecular complexity index is 625. The highest BCUT2D eigenvalue weighted by Gasteiger charge is 2.13. The molecule has 2 aromatic carbocycles. The molecule has 116 valence electrons. The van der Waals surface area contributed by atoms with E-state index in [-0.39, 0.29) is 11.3 Å². The van der Waals surface area contributed by atoms with E-state index in [9.17, 15) is 4.79 Å². The van der Waals surface area contributed by atoms with E-state index in [0.717, 1.165) is 5.56 Å². The van der Waals surface area contributed by atoms with Crippen LogP contribution < -0.4 is 0 Å². The van der Waals surface area contributed by atoms with E-state index in [4.69, 9.17) is 0 Å². The van der Waals surface area contributed by atoms with Crippen LogP contribution >= 0.6 is 0 Å². The first-order valence-electron chi connectivity index (χ1n) is 8.00. The molecule has 0 heterocycles. The van der Waals surface area contributed by atoms with Crippen molar-refractivity contribution in [3.63, 3.8) is 0 Å². The normalized spacial score (nSPS) is 11.7. The number of carbonyl (C=O) groups excluding carboxylic acids is 1. The van der Waals surface area contributed by atoms with E-state index in [1.807, 2.05) is 13.8 Å². The zero-order chi connectivity index (χ0) is 16.3. The zero-order valence-electron chi connectivity index (χ0n) is 14.3. The fourth-order valence-electron chi connectivity index (χ4n) is 2.38. The average molecular weight is 294 g/mol. The quantitative estimate of drug-likeness (QED) is 0.736. The molecule has 0 saturated carbocycles. The largest absolute Gasteiger partial charge is 0.299 e. The molecule has 22 heavy (non-hydrogen) atoms. The number of rotatable bonds is 4. The van der Waals surface area contributed by atoms with Crippen LogP contribution in [0.5, 0.6) is 0 Å². The summed E-state index contributed by atoms with van der Waals surface area (Å²) in [5, 5.41) is 0. The second kappa shape index (κ2) is 6.48. The monoisotopic (exact) mass is 294 g/mol. The van der Waals surface area contributed by atoms with Crippen LogP contribution in [-0.4, -0.2) is 5.78 Å². The summed E-state index contributed by atoms with van der Waals surface area (Å²) in [6.07, 6.45) is 0.529. The van der Waals surface area contributed by atoms with Crippen LogP contribution in [0, 0.1) is 5.92 Å². The van der Waals surface area contributed by atoms with E-state index in [0.29, 0.717) is 12.2 Å². The van der Waals surface area contributed by atoms with Gasteiger partial charge >= 0.3 is 0 Å². The van der Waals surface area contributed by atoms with Crippen LogP contribution in [0.25, 0.3) is 11.1 Å². The Morgan fingerprint density at radius 3 is 1.73 bits per heavy atom. The van der Waals surface area contributed by atoms with Crippen LogP contribution in [0.4, 0.5) is 0 Å². The fraction of sp³-hybridized carbons (Fsp3) is 0.381. The SMILES string of the molecule is CC(C)C(=O)Cc1ccc(-c2ccc(C(C)(C)C)cc2)cc1. The second-order valence-electron chi connectivity index (χ2n) is 7.32. The van der Waals surface area contributed by atoms with E-state index in [1.165, 1.54) is 16.7 Å². The number of benzene rings is 2. The van der Waals surface area contributed by atoms with Gasteiger partial charge < -0.3 is 0 Å². The first kappa shape index (κ1) is 16.5. The summed E-state index contributed by atoms with van der Waals surface area (Å²) < 4.78 is 0. The molecule has 0 N–H and O–H groups in total. The molecule has 0 aliphatic carbocycles. The van der Waals surface area contributed by atoms with Gasteiger partial charge in [-0.25, -0.2) is 0 Å². The van der Waals surface area contributed by atoms with Crippen LogP contribution in [0.1, 0.15) is 45.7 Å². The molecule has 0 bridgehead atoms. The van der Waals surface area contributed by atoms with Gasteiger partial charge in [-0.15, -0.1) is 0 Å². The first-order valence-corrected chi connectivity index (χ1v) is 8.00. The van der Waals surface area contributed by atoms with Crippen molar-refractivity contribution in [3.05, 3.63) is 59.7 Å². The predicted molar refractivity (Wildman–Crippen MR) is 94.1 cm³/mol. The molecule has 0 aliphatic heterocycles. The number of hydrogen-bond donors (Lipinski definition) is 0. The van der Waals surface area contributed by atoms with Gasteiger partial charge in [-0.1, -0.05) is 83.1 Å². The van der Waals surface area contributed by atoms with E-state index < -0.39 is 0 Å². The van der Waals surface area contributed by atoms with Crippen LogP contribution in [0.15, 0.2) is 48.5 Å². The summed E-state index contributed by atoms with van der Waals surface area (Å²) in [5.74, 6) is 0.395. The molecule has 2 aromatic rings. The molecule has 0 radical (unpaired) electrons. The molecule has 0 spiro atoms. The minimum atomic E-state index is 0.101. The number of ketones is 1. The Balaban J connectivity index is 2.15. The lowest BCUT2D eigenvalue weighted by Gasteiger charge is -2.19. The standard InChI is InChI=1S/C21H26O/c1-15(2)20(22)14-16-6-8-17(9-7-16)18-10-12-19(13-11-18)21(3,4)5/h6-13,15H,14H2,1-5H3. The van der Waals surface area contributed by atoms with Crippen molar-refractivity contribution in [2.75, 3.05) is 0 Å². The van der Waals surface area contributed by atoms with Crippen molar-refractivity contribution >= 4 is 5.78 Å². The Kier molecular flexibility index (Phi) is 4.85. The zero-order valence-corrected chi connectivity index (χ0v) is 14.3. The second-order valence-corrected chi connectivity index (χ2v) is 7.32. The van der Waals surface area contributed by atoms with Gasteiger partial charge in [0.05, 0.1) is 0 Å². The van der Waals surface area contributed by atoms with Gasteiger partial charge in [-0.3, -0.25) is 4.79 Å². The van der Waals surface area contributed by atoms with Crippen molar-refractivity contribution in [1.29, 1.82) is 0 Å². The summed E-state index contributed by atoms with van der Waals surface area (Å²) in [4.78, 5) is 11.8. The van der Waals surface area contributed by atoms with Crippen molar-refractivity contribution in [3.8, 4) is 11.1 Å². The maximum absolute atomic E-state index is 11.8. The Labute approximate surface area is 134 Å². The maximum atomic E-state index is 11.8. The highest BCUT2D eigenvalue weighted by Crippen LogP contribution is 2.26. The molecule has 0 saturated heterocycles. The fourth-order valence-corrected chi connectivity index (χ4v) is 2.38. The third-order valence-corrected chi connectivity index (χ3v) is 4.06. The topological polar surface area (TPSA) is 17.1 Å². The van der Waals surface area contributed by atoms with Gasteiger partial charge in [0.15, 0.2) is 0 Å². The third kappa shape index (κ3) is 4.07.